The minimum atomic E-state index is -0.0403. The number of aliphatic hydroxyl groups is 1. The van der Waals surface area contributed by atoms with E-state index in [1.54, 1.807) is 11.3 Å². The number of carbonyl (C=O) groups excluding carboxylic acids is 1. The molecule has 164 valence electrons. The van der Waals surface area contributed by atoms with Crippen molar-refractivity contribution in [3.8, 4) is 0 Å². The van der Waals surface area contributed by atoms with Crippen LogP contribution >= 0.6 is 35.3 Å². The van der Waals surface area contributed by atoms with Gasteiger partial charge in [0.25, 0.3) is 0 Å². The Morgan fingerprint density at radius 1 is 1.27 bits per heavy atom. The number of nitrogens with one attached hydrogen (secondary N) is 2. The highest BCUT2D eigenvalue weighted by Crippen LogP contribution is 2.24. The Morgan fingerprint density at radius 3 is 2.80 bits per heavy atom. The predicted molar refractivity (Wildman–Crippen MR) is 134 cm³/mol. The molecule has 2 heterocycles. The van der Waals surface area contributed by atoms with E-state index in [2.05, 4.69) is 27.1 Å². The van der Waals surface area contributed by atoms with Crippen molar-refractivity contribution >= 4 is 47.2 Å². The second-order valence-corrected chi connectivity index (χ2v) is 8.12. The minimum absolute atomic E-state index is 0. The highest BCUT2D eigenvalue weighted by Gasteiger charge is 2.21. The van der Waals surface area contributed by atoms with Crippen LogP contribution < -0.4 is 10.6 Å². The number of amides is 1. The van der Waals surface area contributed by atoms with Gasteiger partial charge in [-0.2, -0.15) is 0 Å². The van der Waals surface area contributed by atoms with E-state index >= 15 is 0 Å². The fraction of sp³-hybridized carbons (Fsp3) is 0.455. The summed E-state index contributed by atoms with van der Waals surface area (Å²) in [6.45, 7) is 5.34. The highest BCUT2D eigenvalue weighted by molar-refractivity contribution is 14.0. The maximum atomic E-state index is 12.6. The van der Waals surface area contributed by atoms with E-state index in [9.17, 15) is 9.90 Å². The molecule has 0 fully saturated rings. The van der Waals surface area contributed by atoms with Gasteiger partial charge < -0.3 is 20.6 Å². The lowest BCUT2D eigenvalue weighted by Crippen LogP contribution is -2.41. The average Bonchev–Trinajstić information content (AvgIpc) is 3.22. The van der Waals surface area contributed by atoms with Gasteiger partial charge in [-0.3, -0.25) is 9.79 Å². The van der Waals surface area contributed by atoms with Gasteiger partial charge in [0.2, 0.25) is 5.91 Å². The van der Waals surface area contributed by atoms with E-state index in [-0.39, 0.29) is 42.4 Å². The molecule has 1 unspecified atom stereocenters. The van der Waals surface area contributed by atoms with Crippen LogP contribution in [0.2, 0.25) is 0 Å². The Bertz CT molecular complexity index is 812. The van der Waals surface area contributed by atoms with Crippen LogP contribution in [0.5, 0.6) is 0 Å². The van der Waals surface area contributed by atoms with Crippen LogP contribution in [0.4, 0.5) is 0 Å². The molecule has 6 nitrogen and oxygen atoms in total. The Kier molecular flexibility index (Phi) is 10.6. The van der Waals surface area contributed by atoms with Crippen molar-refractivity contribution < 1.29 is 9.90 Å². The van der Waals surface area contributed by atoms with Gasteiger partial charge in [0.05, 0.1) is 13.2 Å². The van der Waals surface area contributed by atoms with Crippen LogP contribution in [0.25, 0.3) is 0 Å². The first-order valence-electron chi connectivity index (χ1n) is 10.2. The molecule has 1 aliphatic rings. The quantitative estimate of drug-likeness (QED) is 0.273. The first-order chi connectivity index (χ1) is 14.2. The van der Waals surface area contributed by atoms with Crippen LogP contribution in [0.15, 0.2) is 46.8 Å². The summed E-state index contributed by atoms with van der Waals surface area (Å²) in [5.41, 5.74) is 2.36. The molecule has 0 saturated heterocycles. The zero-order valence-electron chi connectivity index (χ0n) is 17.3. The monoisotopic (exact) mass is 542 g/mol. The Labute approximate surface area is 199 Å². The molecule has 1 atom stereocenters. The molecule has 3 rings (SSSR count). The molecule has 0 radical (unpaired) electrons. The Hall–Kier alpha value is -1.65. The fourth-order valence-electron chi connectivity index (χ4n) is 3.44. The van der Waals surface area contributed by atoms with E-state index in [1.165, 1.54) is 10.4 Å². The largest absolute Gasteiger partial charge is 0.396 e. The summed E-state index contributed by atoms with van der Waals surface area (Å²) in [5, 5.41) is 18.3. The maximum absolute atomic E-state index is 12.6. The molecule has 0 spiro atoms. The summed E-state index contributed by atoms with van der Waals surface area (Å²) in [5.74, 6) is 0.803. The normalized spacial score (nSPS) is 14.5. The topological polar surface area (TPSA) is 77.0 Å². The third-order valence-corrected chi connectivity index (χ3v) is 6.12. The lowest BCUT2D eigenvalue weighted by Gasteiger charge is -2.27. The van der Waals surface area contributed by atoms with E-state index in [0.717, 1.165) is 31.6 Å². The van der Waals surface area contributed by atoms with Crippen molar-refractivity contribution in [1.29, 1.82) is 0 Å². The van der Waals surface area contributed by atoms with Gasteiger partial charge in [-0.25, -0.2) is 0 Å². The molecule has 0 bridgehead atoms. The summed E-state index contributed by atoms with van der Waals surface area (Å²) in [7, 11) is 0. The van der Waals surface area contributed by atoms with Crippen LogP contribution in [0, 0.1) is 0 Å². The number of fused-ring (bicyclic) bond motifs is 1. The molecular weight excluding hydrogens is 511 g/mol. The van der Waals surface area contributed by atoms with E-state index in [4.69, 9.17) is 0 Å². The molecular formula is C22H31IN4O2S. The van der Waals surface area contributed by atoms with Crippen molar-refractivity contribution in [3.05, 3.63) is 57.8 Å². The summed E-state index contributed by atoms with van der Waals surface area (Å²) in [6, 6.07) is 12.0. The average molecular weight is 542 g/mol. The Morgan fingerprint density at radius 2 is 2.07 bits per heavy atom. The molecule has 3 N–H and O–H groups in total. The van der Waals surface area contributed by atoms with Crippen LogP contribution in [-0.2, 0) is 17.8 Å². The molecule has 30 heavy (non-hydrogen) atoms. The maximum Gasteiger partial charge on any atom is 0.224 e. The van der Waals surface area contributed by atoms with Gasteiger partial charge in [-0.05, 0) is 35.9 Å². The number of thiophene rings is 1. The molecule has 1 aliphatic heterocycles. The number of guanidine groups is 1. The van der Waals surface area contributed by atoms with Gasteiger partial charge in [0.15, 0.2) is 5.96 Å². The number of hydrogen-bond acceptors (Lipinski definition) is 4. The van der Waals surface area contributed by atoms with Gasteiger partial charge in [0, 0.05) is 43.4 Å². The van der Waals surface area contributed by atoms with Crippen molar-refractivity contribution in [1.82, 2.24) is 15.5 Å². The summed E-state index contributed by atoms with van der Waals surface area (Å²) < 4.78 is 0. The number of nitrogens with zero attached hydrogens (tertiary/aromatic N) is 2. The molecule has 2 aromatic rings. The van der Waals surface area contributed by atoms with E-state index in [0.29, 0.717) is 25.5 Å². The molecule has 0 aliphatic carbocycles. The third-order valence-electron chi connectivity index (χ3n) is 5.10. The fourth-order valence-corrected chi connectivity index (χ4v) is 4.33. The second-order valence-electron chi connectivity index (χ2n) is 7.12. The number of benzene rings is 1. The van der Waals surface area contributed by atoms with Crippen LogP contribution in [-0.4, -0.2) is 54.7 Å². The van der Waals surface area contributed by atoms with Gasteiger partial charge in [-0.15, -0.1) is 35.3 Å². The van der Waals surface area contributed by atoms with Crippen molar-refractivity contribution in [2.75, 3.05) is 32.8 Å². The number of hydrogen-bond donors (Lipinski definition) is 3. The summed E-state index contributed by atoms with van der Waals surface area (Å²) in [4.78, 5) is 20.5. The van der Waals surface area contributed by atoms with E-state index < -0.39 is 0 Å². The van der Waals surface area contributed by atoms with Gasteiger partial charge in [0.1, 0.15) is 0 Å². The predicted octanol–water partition coefficient (Wildman–Crippen LogP) is 2.97. The zero-order valence-corrected chi connectivity index (χ0v) is 20.5. The first kappa shape index (κ1) is 24.6. The molecule has 8 heteroatoms. The first-order valence-corrected chi connectivity index (χ1v) is 11.1. The third kappa shape index (κ3) is 6.95. The van der Waals surface area contributed by atoms with Crippen molar-refractivity contribution in [2.45, 2.75) is 32.2 Å². The number of halogens is 1. The molecule has 0 saturated carbocycles. The van der Waals surface area contributed by atoms with Crippen LogP contribution in [0.3, 0.4) is 0 Å². The van der Waals surface area contributed by atoms with Crippen molar-refractivity contribution in [2.24, 2.45) is 4.99 Å². The Balaban J connectivity index is 0.00000320. The zero-order chi connectivity index (χ0) is 20.5. The number of rotatable bonds is 8. The standard InChI is InChI=1S/C22H30N4O2S.HI/c1-2-23-22(25-14-19(16-27)17-6-4-3-5-7-17)24-11-8-21(28)26-12-9-20-18(15-26)10-13-29-20;/h3-7,10,13,19,27H,2,8-9,11-12,14-16H2,1H3,(H2,23,24,25);1H. The number of aliphatic hydroxyl groups excluding tert-OH is 1. The van der Waals surface area contributed by atoms with Gasteiger partial charge >= 0.3 is 0 Å². The summed E-state index contributed by atoms with van der Waals surface area (Å²) in [6.07, 6.45) is 1.39. The van der Waals surface area contributed by atoms with Crippen molar-refractivity contribution in [3.63, 3.8) is 0 Å². The second kappa shape index (κ2) is 12.9. The van der Waals surface area contributed by atoms with E-state index in [1.807, 2.05) is 42.2 Å². The molecule has 1 amide bonds. The minimum Gasteiger partial charge on any atom is -0.396 e. The van der Waals surface area contributed by atoms with Gasteiger partial charge in [-0.1, -0.05) is 30.3 Å². The lowest BCUT2D eigenvalue weighted by atomic mass is 10.0. The number of aliphatic imine (C=N–C) groups is 1. The lowest BCUT2D eigenvalue weighted by molar-refractivity contribution is -0.131. The SMILES string of the molecule is CCNC(=NCC(CO)c1ccccc1)NCCC(=O)N1CCc2sccc2C1.I. The molecule has 1 aromatic carbocycles. The summed E-state index contributed by atoms with van der Waals surface area (Å²) >= 11 is 1.78. The highest BCUT2D eigenvalue weighted by atomic mass is 127. The number of carbonyl (C=O) groups is 1. The smallest absolute Gasteiger partial charge is 0.224 e. The molecule has 1 aromatic heterocycles. The van der Waals surface area contributed by atoms with Crippen LogP contribution in [0.1, 0.15) is 35.3 Å².